The van der Waals surface area contributed by atoms with Gasteiger partial charge in [0.15, 0.2) is 15.5 Å². The third kappa shape index (κ3) is 3.76. The maximum absolute atomic E-state index is 12.6. The molecule has 0 saturated heterocycles. The number of sulfone groups is 1. The molecule has 0 amide bonds. The fourth-order valence-corrected chi connectivity index (χ4v) is 3.21. The zero-order valence-electron chi connectivity index (χ0n) is 10.6. The molecule has 0 aliphatic heterocycles. The summed E-state index contributed by atoms with van der Waals surface area (Å²) in [5.41, 5.74) is -1.73. The SMILES string of the molecule is Cn1nc(CS(=O)(=O)Cc2conc2C(F)(F)F)cc1Cl. The van der Waals surface area contributed by atoms with E-state index in [1.807, 2.05) is 0 Å². The number of rotatable bonds is 4. The van der Waals surface area contributed by atoms with Gasteiger partial charge in [0.05, 0.1) is 17.2 Å². The van der Waals surface area contributed by atoms with E-state index in [2.05, 4.69) is 14.8 Å². The number of aromatic nitrogens is 3. The molecule has 0 aliphatic carbocycles. The van der Waals surface area contributed by atoms with Crippen LogP contribution in [-0.2, 0) is 34.6 Å². The molecule has 11 heteroatoms. The summed E-state index contributed by atoms with van der Waals surface area (Å²) in [7, 11) is -2.36. The molecule has 0 spiro atoms. The number of hydrogen-bond acceptors (Lipinski definition) is 5. The largest absolute Gasteiger partial charge is 0.437 e. The van der Waals surface area contributed by atoms with Crippen LogP contribution >= 0.6 is 11.6 Å². The van der Waals surface area contributed by atoms with Gasteiger partial charge in [0.2, 0.25) is 0 Å². The molecule has 0 N–H and O–H groups in total. The lowest BCUT2D eigenvalue weighted by atomic mass is 10.3. The van der Waals surface area contributed by atoms with Crippen LogP contribution in [0.25, 0.3) is 0 Å². The van der Waals surface area contributed by atoms with Crippen molar-refractivity contribution in [1.82, 2.24) is 14.9 Å². The lowest BCUT2D eigenvalue weighted by Gasteiger charge is -2.05. The van der Waals surface area contributed by atoms with Gasteiger partial charge in [-0.05, 0) is 6.07 Å². The van der Waals surface area contributed by atoms with Crippen molar-refractivity contribution < 1.29 is 26.1 Å². The first kappa shape index (κ1) is 15.8. The van der Waals surface area contributed by atoms with Crippen LogP contribution in [0.15, 0.2) is 16.9 Å². The minimum absolute atomic E-state index is 0.146. The van der Waals surface area contributed by atoms with Crippen LogP contribution in [0.4, 0.5) is 13.2 Å². The lowest BCUT2D eigenvalue weighted by molar-refractivity contribution is -0.143. The molecule has 0 saturated carbocycles. The second kappa shape index (κ2) is 5.34. The highest BCUT2D eigenvalue weighted by Crippen LogP contribution is 2.31. The van der Waals surface area contributed by atoms with Crippen molar-refractivity contribution in [3.05, 3.63) is 34.4 Å². The number of hydrogen-bond donors (Lipinski definition) is 0. The predicted molar refractivity (Wildman–Crippen MR) is 66.1 cm³/mol. The Hall–Kier alpha value is -1.55. The molecule has 0 aromatic carbocycles. The lowest BCUT2D eigenvalue weighted by Crippen LogP contribution is -2.13. The Morgan fingerprint density at radius 2 is 2.05 bits per heavy atom. The molecule has 6 nitrogen and oxygen atoms in total. The maximum Gasteiger partial charge on any atom is 0.437 e. The molecule has 2 aromatic heterocycles. The molecule has 0 bridgehead atoms. The second-order valence-electron chi connectivity index (χ2n) is 4.30. The van der Waals surface area contributed by atoms with E-state index in [-0.39, 0.29) is 10.8 Å². The average Bonchev–Trinajstić information content (AvgIpc) is 2.85. The highest BCUT2D eigenvalue weighted by atomic mass is 35.5. The summed E-state index contributed by atoms with van der Waals surface area (Å²) in [4.78, 5) is 0. The van der Waals surface area contributed by atoms with E-state index in [1.165, 1.54) is 17.8 Å². The molecular weight excluding hydrogens is 335 g/mol. The Bertz CT molecular complexity index is 732. The first-order valence-electron chi connectivity index (χ1n) is 5.48. The monoisotopic (exact) mass is 343 g/mol. The minimum atomic E-state index is -4.77. The second-order valence-corrected chi connectivity index (χ2v) is 6.75. The number of alkyl halides is 3. The summed E-state index contributed by atoms with van der Waals surface area (Å²) >= 11 is 5.72. The first-order chi connectivity index (χ1) is 9.58. The van der Waals surface area contributed by atoms with Crippen molar-refractivity contribution in [3.8, 4) is 0 Å². The van der Waals surface area contributed by atoms with Crippen LogP contribution in [0.5, 0.6) is 0 Å². The van der Waals surface area contributed by atoms with Gasteiger partial charge in [0, 0.05) is 12.6 Å². The average molecular weight is 344 g/mol. The zero-order valence-corrected chi connectivity index (χ0v) is 12.1. The van der Waals surface area contributed by atoms with Crippen LogP contribution < -0.4 is 0 Å². The standard InChI is InChI=1S/C10H9ClF3N3O3S/c1-17-8(11)2-7(15-17)5-21(18,19)4-6-3-20-16-9(6)10(12,13)14/h2-3H,4-5H2,1H3. The van der Waals surface area contributed by atoms with E-state index in [0.717, 1.165) is 0 Å². The van der Waals surface area contributed by atoms with Gasteiger partial charge in [-0.15, -0.1) is 0 Å². The van der Waals surface area contributed by atoms with Gasteiger partial charge in [-0.3, -0.25) is 4.68 Å². The first-order valence-corrected chi connectivity index (χ1v) is 7.68. The molecule has 2 aromatic rings. The Balaban J connectivity index is 2.20. The summed E-state index contributed by atoms with van der Waals surface area (Å²) in [6.45, 7) is 0. The van der Waals surface area contributed by atoms with Crippen LogP contribution in [-0.4, -0.2) is 23.4 Å². The third-order valence-corrected chi connectivity index (χ3v) is 4.37. The molecule has 0 fully saturated rings. The molecule has 2 rings (SSSR count). The normalized spacial score (nSPS) is 12.8. The number of halogens is 4. The van der Waals surface area contributed by atoms with Crippen LogP contribution in [0.2, 0.25) is 5.15 Å². The molecule has 116 valence electrons. The summed E-state index contributed by atoms with van der Waals surface area (Å²) in [6.07, 6.45) is -4.10. The Kier molecular flexibility index (Phi) is 4.02. The van der Waals surface area contributed by atoms with Gasteiger partial charge >= 0.3 is 6.18 Å². The van der Waals surface area contributed by atoms with Crippen molar-refractivity contribution in [2.45, 2.75) is 17.7 Å². The van der Waals surface area contributed by atoms with Crippen molar-refractivity contribution in [1.29, 1.82) is 0 Å². The summed E-state index contributed by atoms with van der Waals surface area (Å²) in [5, 5.41) is 6.86. The molecule has 0 atom stereocenters. The van der Waals surface area contributed by atoms with Gasteiger partial charge in [-0.2, -0.15) is 18.3 Å². The Morgan fingerprint density at radius 1 is 1.38 bits per heavy atom. The van der Waals surface area contributed by atoms with Crippen molar-refractivity contribution in [2.24, 2.45) is 7.05 Å². The van der Waals surface area contributed by atoms with Crippen LogP contribution in [0, 0.1) is 0 Å². The van der Waals surface area contributed by atoms with Crippen molar-refractivity contribution in [2.75, 3.05) is 0 Å². The topological polar surface area (TPSA) is 78.0 Å². The number of aryl methyl sites for hydroxylation is 1. The highest BCUT2D eigenvalue weighted by molar-refractivity contribution is 7.89. The highest BCUT2D eigenvalue weighted by Gasteiger charge is 2.38. The molecule has 2 heterocycles. The predicted octanol–water partition coefficient (Wildman–Crippen LogP) is 2.20. The van der Waals surface area contributed by atoms with Crippen LogP contribution in [0.3, 0.4) is 0 Å². The molecular formula is C10H9ClF3N3O3S. The summed E-state index contributed by atoms with van der Waals surface area (Å²) in [6, 6.07) is 1.33. The summed E-state index contributed by atoms with van der Waals surface area (Å²) in [5.74, 6) is -1.38. The number of nitrogens with zero attached hydrogens (tertiary/aromatic N) is 3. The van der Waals surface area contributed by atoms with Crippen molar-refractivity contribution >= 4 is 21.4 Å². The van der Waals surface area contributed by atoms with E-state index in [4.69, 9.17) is 11.6 Å². The fourth-order valence-electron chi connectivity index (χ4n) is 1.68. The van der Waals surface area contributed by atoms with E-state index in [9.17, 15) is 21.6 Å². The van der Waals surface area contributed by atoms with Crippen LogP contribution in [0.1, 0.15) is 17.0 Å². The Labute approximate surface area is 122 Å². The third-order valence-electron chi connectivity index (χ3n) is 2.53. The molecule has 0 aliphatic rings. The van der Waals surface area contributed by atoms with Gasteiger partial charge in [-0.25, -0.2) is 8.42 Å². The smallest absolute Gasteiger partial charge is 0.364 e. The van der Waals surface area contributed by atoms with E-state index < -0.39 is 38.8 Å². The van der Waals surface area contributed by atoms with E-state index >= 15 is 0 Å². The van der Waals surface area contributed by atoms with Gasteiger partial charge < -0.3 is 4.52 Å². The molecule has 21 heavy (non-hydrogen) atoms. The fraction of sp³-hybridized carbons (Fsp3) is 0.400. The quantitative estimate of drug-likeness (QED) is 0.850. The maximum atomic E-state index is 12.6. The van der Waals surface area contributed by atoms with Crippen molar-refractivity contribution in [3.63, 3.8) is 0 Å². The molecule has 0 unspecified atom stereocenters. The van der Waals surface area contributed by atoms with Gasteiger partial charge in [0.25, 0.3) is 0 Å². The summed E-state index contributed by atoms with van der Waals surface area (Å²) < 4.78 is 67.1. The van der Waals surface area contributed by atoms with E-state index in [1.54, 1.807) is 0 Å². The van der Waals surface area contributed by atoms with E-state index in [0.29, 0.717) is 6.26 Å². The molecule has 0 radical (unpaired) electrons. The van der Waals surface area contributed by atoms with Gasteiger partial charge in [-0.1, -0.05) is 16.8 Å². The zero-order chi connectivity index (χ0) is 15.8. The Morgan fingerprint density at radius 3 is 2.57 bits per heavy atom. The minimum Gasteiger partial charge on any atom is -0.364 e. The van der Waals surface area contributed by atoms with Gasteiger partial charge in [0.1, 0.15) is 11.4 Å².